The van der Waals surface area contributed by atoms with Crippen molar-refractivity contribution in [3.8, 4) is 17.2 Å². The molecule has 1 N–H and O–H groups in total. The highest BCUT2D eigenvalue weighted by molar-refractivity contribution is 5.85. The number of benzene rings is 3. The van der Waals surface area contributed by atoms with Gasteiger partial charge in [-0.3, -0.25) is 0 Å². The molecule has 5 rings (SSSR count). The monoisotopic (exact) mass is 385 g/mol. The highest BCUT2D eigenvalue weighted by Crippen LogP contribution is 2.47. The van der Waals surface area contributed by atoms with Crippen molar-refractivity contribution in [2.75, 3.05) is 20.8 Å². The number of fused-ring (bicyclic) bond motifs is 2. The molecule has 0 radical (unpaired) electrons. The first-order chi connectivity index (χ1) is 14.3. The van der Waals surface area contributed by atoms with Crippen LogP contribution in [0.4, 0.5) is 0 Å². The number of rotatable bonds is 4. The van der Waals surface area contributed by atoms with Crippen LogP contribution >= 0.6 is 0 Å². The molecule has 4 heteroatoms. The molecule has 3 aromatic carbocycles. The van der Waals surface area contributed by atoms with Crippen molar-refractivity contribution in [2.24, 2.45) is 0 Å². The van der Waals surface area contributed by atoms with Gasteiger partial charge in [0.1, 0.15) is 17.2 Å². The highest BCUT2D eigenvalue weighted by Gasteiger charge is 2.34. The van der Waals surface area contributed by atoms with Crippen LogP contribution in [0.15, 0.2) is 72.9 Å². The summed E-state index contributed by atoms with van der Waals surface area (Å²) in [5.74, 6) is 3.08. The first-order valence-electron chi connectivity index (χ1n) is 9.79. The minimum Gasteiger partial charge on any atom is -0.497 e. The van der Waals surface area contributed by atoms with E-state index >= 15 is 0 Å². The normalized spacial score (nSPS) is 18.1. The quantitative estimate of drug-likeness (QED) is 0.505. The summed E-state index contributed by atoms with van der Waals surface area (Å²) in [5.41, 5.74) is 4.82. The number of aromatic amines is 1. The van der Waals surface area contributed by atoms with Crippen LogP contribution in [0.25, 0.3) is 10.9 Å². The van der Waals surface area contributed by atoms with Crippen molar-refractivity contribution < 1.29 is 14.2 Å². The van der Waals surface area contributed by atoms with E-state index in [1.807, 2.05) is 30.3 Å². The Morgan fingerprint density at radius 3 is 2.41 bits per heavy atom. The Labute approximate surface area is 170 Å². The fourth-order valence-corrected chi connectivity index (χ4v) is 4.42. The van der Waals surface area contributed by atoms with Gasteiger partial charge in [0, 0.05) is 40.6 Å². The van der Waals surface area contributed by atoms with Crippen LogP contribution in [0.2, 0.25) is 0 Å². The van der Waals surface area contributed by atoms with Crippen LogP contribution in [-0.4, -0.2) is 25.8 Å². The van der Waals surface area contributed by atoms with E-state index in [2.05, 4.69) is 47.6 Å². The SMILES string of the molecule is COc1ccc(C2c3ccccc3OCC2c2c[nH]c3cc(OC)ccc23)cc1. The lowest BCUT2D eigenvalue weighted by molar-refractivity contribution is 0.249. The number of nitrogens with one attached hydrogen (secondary N) is 1. The molecule has 4 aromatic rings. The van der Waals surface area contributed by atoms with E-state index in [4.69, 9.17) is 14.2 Å². The summed E-state index contributed by atoms with van der Waals surface area (Å²) in [6.07, 6.45) is 2.11. The smallest absolute Gasteiger partial charge is 0.123 e. The molecule has 29 heavy (non-hydrogen) atoms. The second-order valence-corrected chi connectivity index (χ2v) is 7.36. The summed E-state index contributed by atoms with van der Waals surface area (Å²) in [5, 5.41) is 1.21. The maximum atomic E-state index is 6.19. The van der Waals surface area contributed by atoms with Crippen molar-refractivity contribution in [1.82, 2.24) is 4.98 Å². The molecule has 0 saturated carbocycles. The van der Waals surface area contributed by atoms with Gasteiger partial charge in [0.15, 0.2) is 0 Å². The largest absolute Gasteiger partial charge is 0.497 e. The third-order valence-corrected chi connectivity index (χ3v) is 5.87. The molecule has 146 valence electrons. The van der Waals surface area contributed by atoms with Gasteiger partial charge in [-0.25, -0.2) is 0 Å². The van der Waals surface area contributed by atoms with Crippen LogP contribution in [0, 0.1) is 0 Å². The summed E-state index contributed by atoms with van der Waals surface area (Å²) >= 11 is 0. The van der Waals surface area contributed by atoms with Gasteiger partial charge in [-0.1, -0.05) is 30.3 Å². The lowest BCUT2D eigenvalue weighted by atomic mass is 9.76. The van der Waals surface area contributed by atoms with Gasteiger partial charge in [-0.15, -0.1) is 0 Å². The van der Waals surface area contributed by atoms with Gasteiger partial charge in [-0.2, -0.15) is 0 Å². The van der Waals surface area contributed by atoms with E-state index in [-0.39, 0.29) is 11.8 Å². The molecule has 0 fully saturated rings. The standard InChI is InChI=1S/C25H23NO3/c1-27-17-9-7-16(8-10-17)25-20-5-3-4-6-24(20)29-15-22(25)21-14-26-23-13-18(28-2)11-12-19(21)23/h3-14,22,25-26H,15H2,1-2H3. The highest BCUT2D eigenvalue weighted by atomic mass is 16.5. The molecule has 0 bridgehead atoms. The second kappa shape index (κ2) is 7.21. The Kier molecular flexibility index (Phi) is 4.39. The van der Waals surface area contributed by atoms with Crippen LogP contribution < -0.4 is 14.2 Å². The number of para-hydroxylation sites is 1. The second-order valence-electron chi connectivity index (χ2n) is 7.36. The number of ether oxygens (including phenoxy) is 3. The van der Waals surface area contributed by atoms with Crippen LogP contribution in [0.3, 0.4) is 0 Å². The van der Waals surface area contributed by atoms with E-state index in [9.17, 15) is 0 Å². The first-order valence-corrected chi connectivity index (χ1v) is 9.79. The van der Waals surface area contributed by atoms with E-state index in [1.165, 1.54) is 22.1 Å². The van der Waals surface area contributed by atoms with E-state index in [1.54, 1.807) is 14.2 Å². The minimum atomic E-state index is 0.195. The number of methoxy groups -OCH3 is 2. The zero-order chi connectivity index (χ0) is 19.8. The molecule has 4 nitrogen and oxygen atoms in total. The molecule has 0 aliphatic carbocycles. The Morgan fingerprint density at radius 1 is 0.862 bits per heavy atom. The van der Waals surface area contributed by atoms with Gasteiger partial charge in [0.05, 0.1) is 20.8 Å². The van der Waals surface area contributed by atoms with Crippen molar-refractivity contribution in [1.29, 1.82) is 0 Å². The Balaban J connectivity index is 1.64. The van der Waals surface area contributed by atoms with Gasteiger partial charge < -0.3 is 19.2 Å². The van der Waals surface area contributed by atoms with E-state index in [0.717, 1.165) is 22.8 Å². The number of H-pyrrole nitrogens is 1. The zero-order valence-electron chi connectivity index (χ0n) is 16.5. The summed E-state index contributed by atoms with van der Waals surface area (Å²) in [6, 6.07) is 22.9. The number of aromatic nitrogens is 1. The van der Waals surface area contributed by atoms with E-state index in [0.29, 0.717) is 6.61 Å². The summed E-state index contributed by atoms with van der Waals surface area (Å²) in [6.45, 7) is 0.632. The molecule has 2 atom stereocenters. The Bertz CT molecular complexity index is 1150. The molecular weight excluding hydrogens is 362 g/mol. The van der Waals surface area contributed by atoms with Crippen molar-refractivity contribution in [3.63, 3.8) is 0 Å². The summed E-state index contributed by atoms with van der Waals surface area (Å²) in [7, 11) is 3.39. The maximum absolute atomic E-state index is 6.19. The summed E-state index contributed by atoms with van der Waals surface area (Å²) < 4.78 is 16.9. The van der Waals surface area contributed by atoms with Crippen molar-refractivity contribution in [3.05, 3.63) is 89.6 Å². The fourth-order valence-electron chi connectivity index (χ4n) is 4.42. The van der Waals surface area contributed by atoms with Crippen LogP contribution in [-0.2, 0) is 0 Å². The van der Waals surface area contributed by atoms with Gasteiger partial charge in [0.2, 0.25) is 0 Å². The lowest BCUT2D eigenvalue weighted by Crippen LogP contribution is -2.25. The summed E-state index contributed by atoms with van der Waals surface area (Å²) in [4.78, 5) is 3.42. The average Bonchev–Trinajstić information content (AvgIpc) is 3.21. The molecule has 0 amide bonds. The molecule has 2 unspecified atom stereocenters. The van der Waals surface area contributed by atoms with Gasteiger partial charge in [-0.05, 0) is 41.5 Å². The molecule has 1 aliphatic rings. The molecular formula is C25H23NO3. The number of hydrogen-bond acceptors (Lipinski definition) is 3. The first kappa shape index (κ1) is 17.7. The third-order valence-electron chi connectivity index (χ3n) is 5.87. The predicted octanol–water partition coefficient (Wildman–Crippen LogP) is 5.49. The minimum absolute atomic E-state index is 0.195. The zero-order valence-corrected chi connectivity index (χ0v) is 16.5. The fraction of sp³-hybridized carbons (Fsp3) is 0.200. The Morgan fingerprint density at radius 2 is 1.62 bits per heavy atom. The molecule has 2 heterocycles. The van der Waals surface area contributed by atoms with Crippen molar-refractivity contribution >= 4 is 10.9 Å². The Hall–Kier alpha value is -3.40. The predicted molar refractivity (Wildman–Crippen MR) is 114 cm³/mol. The average molecular weight is 385 g/mol. The van der Waals surface area contributed by atoms with Crippen molar-refractivity contribution in [2.45, 2.75) is 11.8 Å². The number of hydrogen-bond donors (Lipinski definition) is 1. The van der Waals surface area contributed by atoms with Crippen LogP contribution in [0.5, 0.6) is 17.2 Å². The van der Waals surface area contributed by atoms with Gasteiger partial charge in [0.25, 0.3) is 0 Å². The van der Waals surface area contributed by atoms with Crippen LogP contribution in [0.1, 0.15) is 28.5 Å². The molecule has 0 spiro atoms. The third kappa shape index (κ3) is 3.01. The lowest BCUT2D eigenvalue weighted by Gasteiger charge is -2.34. The molecule has 1 aromatic heterocycles. The molecule has 0 saturated heterocycles. The van der Waals surface area contributed by atoms with E-state index < -0.39 is 0 Å². The topological polar surface area (TPSA) is 43.5 Å². The van der Waals surface area contributed by atoms with Gasteiger partial charge >= 0.3 is 0 Å². The maximum Gasteiger partial charge on any atom is 0.123 e. The molecule has 1 aliphatic heterocycles.